The minimum Gasteiger partial charge on any atom is -0.317 e. The van der Waals surface area contributed by atoms with Gasteiger partial charge in [-0.3, -0.25) is 9.08 Å². The summed E-state index contributed by atoms with van der Waals surface area (Å²) in [5.41, 5.74) is 4.69. The molecule has 5 rings (SSSR count). The molecule has 0 aliphatic carbocycles. The van der Waals surface area contributed by atoms with Crippen molar-refractivity contribution in [2.45, 2.75) is 25.7 Å². The summed E-state index contributed by atoms with van der Waals surface area (Å²) < 4.78 is 3.91. The molecule has 4 aromatic rings. The first-order chi connectivity index (χ1) is 13.1. The van der Waals surface area contributed by atoms with Gasteiger partial charge in [0, 0.05) is 42.5 Å². The molecule has 1 aliphatic rings. The van der Waals surface area contributed by atoms with Crippen LogP contribution < -0.4 is 5.32 Å². The zero-order valence-electron chi connectivity index (χ0n) is 15.4. The van der Waals surface area contributed by atoms with E-state index in [4.69, 9.17) is 4.98 Å². The average Bonchev–Trinajstić information content (AvgIpc) is 3.34. The van der Waals surface area contributed by atoms with Crippen molar-refractivity contribution in [3.8, 4) is 16.5 Å². The molecule has 1 aliphatic heterocycles. The molecule has 0 amide bonds. The SMILES string of the molecule is Cc1c(C#N)c(-c2cn3cc(C4CCNCC4)nc3s2)cc2cn(C)nc12. The highest BCUT2D eigenvalue weighted by molar-refractivity contribution is 7.20. The van der Waals surface area contributed by atoms with Crippen molar-refractivity contribution in [2.24, 2.45) is 7.05 Å². The Morgan fingerprint density at radius 2 is 2.07 bits per heavy atom. The van der Waals surface area contributed by atoms with Crippen molar-refractivity contribution in [3.63, 3.8) is 0 Å². The summed E-state index contributed by atoms with van der Waals surface area (Å²) in [6.45, 7) is 4.11. The van der Waals surface area contributed by atoms with Crippen LogP contribution in [0.1, 0.15) is 35.6 Å². The maximum Gasteiger partial charge on any atom is 0.194 e. The zero-order valence-corrected chi connectivity index (χ0v) is 16.2. The fourth-order valence-electron chi connectivity index (χ4n) is 4.04. The molecule has 3 aromatic heterocycles. The van der Waals surface area contributed by atoms with Gasteiger partial charge in [-0.1, -0.05) is 11.3 Å². The third kappa shape index (κ3) is 2.64. The predicted molar refractivity (Wildman–Crippen MR) is 107 cm³/mol. The van der Waals surface area contributed by atoms with Crippen LogP contribution in [0.3, 0.4) is 0 Å². The fourth-order valence-corrected chi connectivity index (χ4v) is 5.04. The highest BCUT2D eigenvalue weighted by Gasteiger charge is 2.20. The normalized spacial score (nSPS) is 15.6. The van der Waals surface area contributed by atoms with Crippen LogP contribution in [0.15, 0.2) is 24.7 Å². The van der Waals surface area contributed by atoms with E-state index in [1.165, 1.54) is 5.69 Å². The fraction of sp³-hybridized carbons (Fsp3) is 0.350. The molecule has 0 saturated carbocycles. The maximum atomic E-state index is 9.76. The lowest BCUT2D eigenvalue weighted by atomic mass is 9.95. The van der Waals surface area contributed by atoms with Gasteiger partial charge in [-0.05, 0) is 44.5 Å². The van der Waals surface area contributed by atoms with Crippen LogP contribution in [-0.4, -0.2) is 32.3 Å². The Hall–Kier alpha value is -2.69. The van der Waals surface area contributed by atoms with Gasteiger partial charge in [0.25, 0.3) is 0 Å². The summed E-state index contributed by atoms with van der Waals surface area (Å²) in [6.07, 6.45) is 8.56. The van der Waals surface area contributed by atoms with Gasteiger partial charge in [0.15, 0.2) is 4.96 Å². The molecule has 0 unspecified atom stereocenters. The number of benzene rings is 1. The van der Waals surface area contributed by atoms with Gasteiger partial charge in [0.05, 0.1) is 21.7 Å². The van der Waals surface area contributed by atoms with E-state index < -0.39 is 0 Å². The third-order valence-corrected chi connectivity index (χ3v) is 6.50. The number of nitriles is 1. The van der Waals surface area contributed by atoms with Crippen LogP contribution in [0.25, 0.3) is 26.3 Å². The van der Waals surface area contributed by atoms with Crippen LogP contribution in [0.5, 0.6) is 0 Å². The number of thiazole rings is 1. The van der Waals surface area contributed by atoms with Crippen molar-refractivity contribution in [2.75, 3.05) is 13.1 Å². The number of hydrogen-bond donors (Lipinski definition) is 1. The summed E-state index contributed by atoms with van der Waals surface area (Å²) in [5.74, 6) is 0.547. The number of imidazole rings is 1. The largest absolute Gasteiger partial charge is 0.317 e. The van der Waals surface area contributed by atoms with E-state index in [0.717, 1.165) is 57.8 Å². The van der Waals surface area contributed by atoms with Gasteiger partial charge in [0.2, 0.25) is 0 Å². The van der Waals surface area contributed by atoms with Crippen molar-refractivity contribution < 1.29 is 0 Å². The highest BCUT2D eigenvalue weighted by Crippen LogP contribution is 2.36. The van der Waals surface area contributed by atoms with E-state index in [-0.39, 0.29) is 0 Å². The standard InChI is InChI=1S/C20H20N6S/c1-12-16(8-21)15(7-14-9-25(2)24-19(12)14)18-11-26-10-17(23-20(26)27-18)13-3-5-22-6-4-13/h7,9-11,13,22H,3-6H2,1-2H3. The molecule has 4 heterocycles. The highest BCUT2D eigenvalue weighted by atomic mass is 32.1. The number of aromatic nitrogens is 4. The third-order valence-electron chi connectivity index (χ3n) is 5.47. The first-order valence-electron chi connectivity index (χ1n) is 9.20. The summed E-state index contributed by atoms with van der Waals surface area (Å²) >= 11 is 1.65. The van der Waals surface area contributed by atoms with Gasteiger partial charge in [-0.25, -0.2) is 4.98 Å². The lowest BCUT2D eigenvalue weighted by Crippen LogP contribution is -2.26. The minimum atomic E-state index is 0.547. The van der Waals surface area contributed by atoms with Crippen molar-refractivity contribution in [3.05, 3.63) is 41.5 Å². The zero-order chi connectivity index (χ0) is 18.5. The molecule has 27 heavy (non-hydrogen) atoms. The maximum absolute atomic E-state index is 9.76. The van der Waals surface area contributed by atoms with E-state index in [1.54, 1.807) is 16.0 Å². The second kappa shape index (κ2) is 6.19. The Labute approximate surface area is 161 Å². The van der Waals surface area contributed by atoms with Gasteiger partial charge >= 0.3 is 0 Å². The Morgan fingerprint density at radius 1 is 1.26 bits per heavy atom. The molecule has 136 valence electrons. The Balaban J connectivity index is 1.61. The lowest BCUT2D eigenvalue weighted by Gasteiger charge is -2.20. The molecule has 0 bridgehead atoms. The quantitative estimate of drug-likeness (QED) is 0.580. The smallest absolute Gasteiger partial charge is 0.194 e. The predicted octanol–water partition coefficient (Wildman–Crippen LogP) is 3.60. The Kier molecular flexibility index (Phi) is 3.78. The number of aryl methyl sites for hydroxylation is 2. The van der Waals surface area contributed by atoms with Crippen LogP contribution >= 0.6 is 11.3 Å². The van der Waals surface area contributed by atoms with E-state index >= 15 is 0 Å². The van der Waals surface area contributed by atoms with Crippen molar-refractivity contribution in [1.29, 1.82) is 5.26 Å². The first kappa shape index (κ1) is 16.5. The van der Waals surface area contributed by atoms with E-state index in [1.807, 2.05) is 20.2 Å². The first-order valence-corrected chi connectivity index (χ1v) is 10.0. The van der Waals surface area contributed by atoms with Gasteiger partial charge in [0.1, 0.15) is 6.07 Å². The van der Waals surface area contributed by atoms with Gasteiger partial charge < -0.3 is 5.32 Å². The van der Waals surface area contributed by atoms with Crippen LogP contribution in [0.2, 0.25) is 0 Å². The Bertz CT molecular complexity index is 1170. The number of piperidine rings is 1. The van der Waals surface area contributed by atoms with Crippen LogP contribution in [0, 0.1) is 18.3 Å². The second-order valence-corrected chi connectivity index (χ2v) is 8.26. The molecule has 0 spiro atoms. The summed E-state index contributed by atoms with van der Waals surface area (Å²) in [5, 5.41) is 18.7. The molecule has 1 saturated heterocycles. The minimum absolute atomic E-state index is 0.547. The lowest BCUT2D eigenvalue weighted by molar-refractivity contribution is 0.454. The van der Waals surface area contributed by atoms with E-state index in [9.17, 15) is 5.26 Å². The molecule has 6 nitrogen and oxygen atoms in total. The molecule has 0 radical (unpaired) electrons. The van der Waals surface area contributed by atoms with Gasteiger partial charge in [-0.15, -0.1) is 0 Å². The number of nitrogens with one attached hydrogen (secondary N) is 1. The summed E-state index contributed by atoms with van der Waals surface area (Å²) in [4.78, 5) is 6.94. The van der Waals surface area contributed by atoms with Crippen molar-refractivity contribution >= 4 is 27.2 Å². The second-order valence-electron chi connectivity index (χ2n) is 7.25. The van der Waals surface area contributed by atoms with E-state index in [2.05, 4.69) is 39.3 Å². The molecule has 1 aromatic carbocycles. The molecule has 1 fully saturated rings. The molecule has 0 atom stereocenters. The monoisotopic (exact) mass is 376 g/mol. The Morgan fingerprint density at radius 3 is 2.81 bits per heavy atom. The summed E-state index contributed by atoms with van der Waals surface area (Å²) in [7, 11) is 1.91. The van der Waals surface area contributed by atoms with E-state index in [0.29, 0.717) is 11.5 Å². The molecule has 7 heteroatoms. The average molecular weight is 376 g/mol. The molecular formula is C20H20N6S. The topological polar surface area (TPSA) is 70.9 Å². The van der Waals surface area contributed by atoms with Crippen LogP contribution in [0.4, 0.5) is 0 Å². The number of hydrogen-bond acceptors (Lipinski definition) is 5. The van der Waals surface area contributed by atoms with Crippen LogP contribution in [-0.2, 0) is 7.05 Å². The number of nitrogens with zero attached hydrogens (tertiary/aromatic N) is 5. The van der Waals surface area contributed by atoms with Gasteiger partial charge in [-0.2, -0.15) is 10.4 Å². The summed E-state index contributed by atoms with van der Waals surface area (Å²) in [6, 6.07) is 4.46. The number of rotatable bonds is 2. The molecule has 1 N–H and O–H groups in total. The van der Waals surface area contributed by atoms with Crippen molar-refractivity contribution in [1.82, 2.24) is 24.5 Å². The molecular weight excluding hydrogens is 356 g/mol. The number of fused-ring (bicyclic) bond motifs is 2.